The Morgan fingerprint density at radius 2 is 0.617 bits per heavy atom. The Hall–Kier alpha value is -6.18. The van der Waals surface area contributed by atoms with Gasteiger partial charge in [0.1, 0.15) is 0 Å². The van der Waals surface area contributed by atoms with Crippen LogP contribution in [0.25, 0.3) is 23.8 Å². The Balaban J connectivity index is 0.000000230. The fourth-order valence-corrected chi connectivity index (χ4v) is 5.38. The van der Waals surface area contributed by atoms with Gasteiger partial charge in [-0.25, -0.2) is 0 Å². The largest absolute Gasteiger partial charge is 0.311 e. The van der Waals surface area contributed by atoms with Gasteiger partial charge in [-0.3, -0.25) is 0 Å². The van der Waals surface area contributed by atoms with Gasteiger partial charge in [-0.05, 0) is 75.9 Å². The molecule has 0 bridgehead atoms. The average Bonchev–Trinajstić information content (AvgIpc) is 3.16. The van der Waals surface area contributed by atoms with E-state index in [1.165, 1.54) is 33.4 Å². The van der Waals surface area contributed by atoms with Crippen LogP contribution in [0.5, 0.6) is 0 Å². The maximum absolute atomic E-state index is 2.28. The molecule has 0 heterocycles. The second-order valence-corrected chi connectivity index (χ2v) is 11.0. The van der Waals surface area contributed by atoms with E-state index >= 15 is 0 Å². The minimum absolute atomic E-state index is 1.13. The van der Waals surface area contributed by atoms with E-state index in [1.54, 1.807) is 0 Å². The van der Waals surface area contributed by atoms with E-state index in [9.17, 15) is 0 Å². The predicted molar refractivity (Wildman–Crippen MR) is 203 cm³/mol. The molecule has 7 rings (SSSR count). The van der Waals surface area contributed by atoms with Crippen molar-refractivity contribution in [3.63, 3.8) is 0 Å². The molecule has 1 nitrogen and oxygen atoms in total. The summed E-state index contributed by atoms with van der Waals surface area (Å²) in [7, 11) is 0. The minimum Gasteiger partial charge on any atom is -0.311 e. The van der Waals surface area contributed by atoms with Crippen LogP contribution in [-0.2, 0) is 0 Å². The lowest BCUT2D eigenvalue weighted by molar-refractivity contribution is 1.28. The molecule has 0 aliphatic carbocycles. The molecule has 0 saturated carbocycles. The molecule has 0 saturated heterocycles. The first-order chi connectivity index (χ1) is 23.3. The van der Waals surface area contributed by atoms with Crippen LogP contribution in [0.15, 0.2) is 206 Å². The fourth-order valence-electron chi connectivity index (χ4n) is 5.38. The second-order valence-electron chi connectivity index (χ2n) is 11.0. The predicted octanol–water partition coefficient (Wildman–Crippen LogP) is 12.6. The van der Waals surface area contributed by atoms with Crippen LogP contribution in [0.4, 0.5) is 17.1 Å². The van der Waals surface area contributed by atoms with Gasteiger partial charge in [0.25, 0.3) is 0 Å². The Labute approximate surface area is 279 Å². The van der Waals surface area contributed by atoms with Crippen LogP contribution in [0.3, 0.4) is 0 Å². The number of hydrogen-bond acceptors (Lipinski definition) is 1. The lowest BCUT2D eigenvalue weighted by Gasteiger charge is -2.25. The van der Waals surface area contributed by atoms with Gasteiger partial charge in [0.15, 0.2) is 0 Å². The Morgan fingerprint density at radius 1 is 0.298 bits per heavy atom. The van der Waals surface area contributed by atoms with Crippen LogP contribution < -0.4 is 4.90 Å². The minimum atomic E-state index is 1.13. The highest BCUT2D eigenvalue weighted by Gasteiger charge is 2.12. The molecule has 0 unspecified atom stereocenters. The summed E-state index contributed by atoms with van der Waals surface area (Å²) >= 11 is 0. The Bertz CT molecular complexity index is 1840. The third-order valence-corrected chi connectivity index (χ3v) is 7.73. The van der Waals surface area contributed by atoms with Crippen LogP contribution in [0, 0.1) is 0 Å². The molecule has 0 atom stereocenters. The highest BCUT2D eigenvalue weighted by Crippen LogP contribution is 2.35. The van der Waals surface area contributed by atoms with Crippen molar-refractivity contribution in [3.05, 3.63) is 234 Å². The normalized spacial score (nSPS) is 10.5. The molecule has 1 heteroatoms. The summed E-state index contributed by atoms with van der Waals surface area (Å²) in [5.41, 5.74) is 10.7. The summed E-state index contributed by atoms with van der Waals surface area (Å²) in [5, 5.41) is 0. The topological polar surface area (TPSA) is 3.24 Å². The molecular formula is C46H37N. The first kappa shape index (κ1) is 30.8. The molecule has 7 aromatic rings. The Kier molecular flexibility index (Phi) is 10.6. The monoisotopic (exact) mass is 603 g/mol. The van der Waals surface area contributed by atoms with Crippen LogP contribution >= 0.6 is 0 Å². The van der Waals surface area contributed by atoms with Crippen molar-refractivity contribution < 1.29 is 0 Å². The summed E-state index contributed by atoms with van der Waals surface area (Å²) < 4.78 is 0. The Morgan fingerprint density at radius 3 is 1.00 bits per heavy atom. The number of anilines is 3. The van der Waals surface area contributed by atoms with E-state index < -0.39 is 0 Å². The highest BCUT2D eigenvalue weighted by molar-refractivity contribution is 5.91. The van der Waals surface area contributed by atoms with E-state index in [1.807, 2.05) is 36.4 Å². The number of hydrogen-bond donors (Lipinski definition) is 0. The molecule has 0 fully saturated rings. The van der Waals surface area contributed by atoms with Gasteiger partial charge < -0.3 is 4.90 Å². The average molecular weight is 604 g/mol. The summed E-state index contributed by atoms with van der Waals surface area (Å²) in [6, 6.07) is 71.5. The smallest absolute Gasteiger partial charge is 0.0462 e. The third-order valence-electron chi connectivity index (χ3n) is 7.73. The van der Waals surface area contributed by atoms with Gasteiger partial charge in [0.05, 0.1) is 0 Å². The summed E-state index contributed by atoms with van der Waals surface area (Å²) in [4.78, 5) is 2.28. The SMILES string of the molecule is C(=C(c1ccccc1)c1ccccc1)c1ccc(N(c2ccccc2)c2ccccc2)cc1.C(=Cc1ccccc1)c1ccccc1. The maximum atomic E-state index is 2.28. The first-order valence-electron chi connectivity index (χ1n) is 15.9. The first-order valence-corrected chi connectivity index (χ1v) is 15.9. The van der Waals surface area contributed by atoms with Crippen molar-refractivity contribution in [3.8, 4) is 0 Å². The molecule has 0 aromatic heterocycles. The van der Waals surface area contributed by atoms with E-state index in [0.717, 1.165) is 17.1 Å². The number of nitrogens with zero attached hydrogens (tertiary/aromatic N) is 1. The van der Waals surface area contributed by atoms with Crippen molar-refractivity contribution in [2.24, 2.45) is 0 Å². The van der Waals surface area contributed by atoms with Crippen LogP contribution in [-0.4, -0.2) is 0 Å². The van der Waals surface area contributed by atoms with Gasteiger partial charge in [-0.2, -0.15) is 0 Å². The highest BCUT2D eigenvalue weighted by atomic mass is 15.1. The molecule has 0 N–H and O–H groups in total. The maximum Gasteiger partial charge on any atom is 0.0462 e. The zero-order valence-electron chi connectivity index (χ0n) is 26.3. The van der Waals surface area contributed by atoms with Gasteiger partial charge in [-0.15, -0.1) is 0 Å². The zero-order chi connectivity index (χ0) is 31.9. The van der Waals surface area contributed by atoms with Crippen molar-refractivity contribution in [2.45, 2.75) is 0 Å². The van der Waals surface area contributed by atoms with Crippen LogP contribution in [0.2, 0.25) is 0 Å². The molecule has 0 aliphatic heterocycles. The molecular weight excluding hydrogens is 567 g/mol. The van der Waals surface area contributed by atoms with E-state index in [2.05, 4.69) is 193 Å². The molecule has 0 aliphatic rings. The molecule has 0 radical (unpaired) electrons. The lowest BCUT2D eigenvalue weighted by atomic mass is 9.95. The van der Waals surface area contributed by atoms with Crippen molar-refractivity contribution in [2.75, 3.05) is 4.90 Å². The van der Waals surface area contributed by atoms with Crippen molar-refractivity contribution in [1.82, 2.24) is 0 Å². The molecule has 47 heavy (non-hydrogen) atoms. The molecule has 0 amide bonds. The molecule has 226 valence electrons. The van der Waals surface area contributed by atoms with E-state index in [4.69, 9.17) is 0 Å². The zero-order valence-corrected chi connectivity index (χ0v) is 26.3. The summed E-state index contributed by atoms with van der Waals surface area (Å²) in [5.74, 6) is 0. The molecule has 0 spiro atoms. The van der Waals surface area contributed by atoms with Crippen LogP contribution in [0.1, 0.15) is 27.8 Å². The quantitative estimate of drug-likeness (QED) is 0.156. The van der Waals surface area contributed by atoms with E-state index in [-0.39, 0.29) is 0 Å². The summed E-state index contributed by atoms with van der Waals surface area (Å²) in [6.45, 7) is 0. The van der Waals surface area contributed by atoms with Gasteiger partial charge in [0.2, 0.25) is 0 Å². The van der Waals surface area contributed by atoms with Crippen molar-refractivity contribution in [1.29, 1.82) is 0 Å². The van der Waals surface area contributed by atoms with Crippen molar-refractivity contribution >= 4 is 40.9 Å². The van der Waals surface area contributed by atoms with Gasteiger partial charge >= 0.3 is 0 Å². The molecule has 7 aromatic carbocycles. The number of benzene rings is 7. The van der Waals surface area contributed by atoms with E-state index in [0.29, 0.717) is 0 Å². The number of para-hydroxylation sites is 2. The van der Waals surface area contributed by atoms with Gasteiger partial charge in [0, 0.05) is 17.1 Å². The fraction of sp³-hybridized carbons (Fsp3) is 0. The number of rotatable bonds is 8. The second kappa shape index (κ2) is 16.2. The summed E-state index contributed by atoms with van der Waals surface area (Å²) in [6.07, 6.45) is 6.51. The standard InChI is InChI=1S/C32H25N.C14H12/c1-5-13-27(14-6-1)32(28-15-7-2-8-16-28)25-26-21-23-31(24-22-26)33(29-17-9-3-10-18-29)30-19-11-4-12-20-30;1-3-7-13(8-4-1)11-12-14-9-5-2-6-10-14/h1-25H;1-12H. The van der Waals surface area contributed by atoms with Gasteiger partial charge in [-0.1, -0.05) is 182 Å². The third kappa shape index (κ3) is 8.72. The lowest BCUT2D eigenvalue weighted by Crippen LogP contribution is -2.09.